The molecule has 0 saturated carbocycles. The van der Waals surface area contributed by atoms with E-state index < -0.39 is 17.6 Å². The Morgan fingerprint density at radius 2 is 2.15 bits per heavy atom. The van der Waals surface area contributed by atoms with Gasteiger partial charge in [0, 0.05) is 5.92 Å². The third kappa shape index (κ3) is 5.11. The van der Waals surface area contributed by atoms with Gasteiger partial charge in [-0.1, -0.05) is 52.6 Å². The number of alkyl halides is 2. The maximum Gasteiger partial charge on any atom is 0.335 e. The first-order valence-electron chi connectivity index (χ1n) is 8.81. The average Bonchev–Trinajstić information content (AvgIpc) is 2.59. The Labute approximate surface area is 155 Å². The maximum absolute atomic E-state index is 13.5. The Balaban J connectivity index is 2.34. The third-order valence-corrected chi connectivity index (χ3v) is 5.24. The van der Waals surface area contributed by atoms with Crippen LogP contribution in [0.4, 0.5) is 8.78 Å². The second-order valence-electron chi connectivity index (χ2n) is 6.61. The molecule has 26 heavy (non-hydrogen) atoms. The van der Waals surface area contributed by atoms with E-state index in [0.717, 1.165) is 28.7 Å². The van der Waals surface area contributed by atoms with E-state index in [4.69, 9.17) is 0 Å². The van der Waals surface area contributed by atoms with E-state index in [0.29, 0.717) is 19.3 Å². The standard InChI is InChI=1S/C21H25F2O2P/c1-3-4-6-17(20(24)25)13-16-7-5-8-19(14(16)2)15-9-11-18(12-10-15)21(22,23)26/h4-9,13,18H,3,10-12,26H2,1-2H3,(H,24,25)/b6-4+,17-13+. The second-order valence-corrected chi connectivity index (χ2v) is 7.38. The number of benzene rings is 1. The number of rotatable bonds is 6. The topological polar surface area (TPSA) is 37.3 Å². The molecule has 0 heterocycles. The molecule has 0 spiro atoms. The number of halogens is 2. The van der Waals surface area contributed by atoms with Crippen molar-refractivity contribution in [3.8, 4) is 0 Å². The summed E-state index contributed by atoms with van der Waals surface area (Å²) in [5.74, 6) is -1.61. The molecular formula is C21H25F2O2P. The van der Waals surface area contributed by atoms with Crippen LogP contribution in [-0.2, 0) is 4.79 Å². The lowest BCUT2D eigenvalue weighted by atomic mass is 9.84. The Morgan fingerprint density at radius 3 is 2.69 bits per heavy atom. The molecule has 1 aromatic carbocycles. The first-order chi connectivity index (χ1) is 12.2. The number of carboxylic acid groups (broad SMARTS) is 1. The smallest absolute Gasteiger partial charge is 0.335 e. The summed E-state index contributed by atoms with van der Waals surface area (Å²) in [6.45, 7) is 3.89. The fourth-order valence-corrected chi connectivity index (χ4v) is 3.48. The van der Waals surface area contributed by atoms with Gasteiger partial charge in [0.1, 0.15) is 0 Å². The van der Waals surface area contributed by atoms with Crippen LogP contribution in [0, 0.1) is 12.8 Å². The van der Waals surface area contributed by atoms with Crippen molar-refractivity contribution in [2.75, 3.05) is 0 Å². The van der Waals surface area contributed by atoms with E-state index in [1.54, 1.807) is 21.4 Å². The predicted octanol–water partition coefficient (Wildman–Crippen LogP) is 6.08. The summed E-state index contributed by atoms with van der Waals surface area (Å²) in [4.78, 5) is 11.4. The summed E-state index contributed by atoms with van der Waals surface area (Å²) >= 11 is 0. The minimum absolute atomic E-state index is 0.229. The van der Waals surface area contributed by atoms with Gasteiger partial charge in [0.2, 0.25) is 0 Å². The quantitative estimate of drug-likeness (QED) is 0.370. The largest absolute Gasteiger partial charge is 0.478 e. The second kappa shape index (κ2) is 8.73. The molecule has 0 aromatic heterocycles. The Bertz CT molecular complexity index is 758. The van der Waals surface area contributed by atoms with Crippen LogP contribution in [0.1, 0.15) is 49.3 Å². The number of aliphatic carboxylic acids is 1. The lowest BCUT2D eigenvalue weighted by Crippen LogP contribution is -2.22. The van der Waals surface area contributed by atoms with Crippen molar-refractivity contribution in [3.63, 3.8) is 0 Å². The van der Waals surface area contributed by atoms with Crippen molar-refractivity contribution in [3.05, 3.63) is 58.7 Å². The molecule has 5 heteroatoms. The van der Waals surface area contributed by atoms with Gasteiger partial charge in [-0.25, -0.2) is 13.6 Å². The summed E-state index contributed by atoms with van der Waals surface area (Å²) in [6, 6.07) is 5.74. The molecule has 140 valence electrons. The summed E-state index contributed by atoms with van der Waals surface area (Å²) in [6.07, 6.45) is 9.15. The highest BCUT2D eigenvalue weighted by Gasteiger charge is 2.35. The van der Waals surface area contributed by atoms with E-state index in [1.165, 1.54) is 0 Å². The molecule has 2 unspecified atom stereocenters. The van der Waals surface area contributed by atoms with E-state index in [-0.39, 0.29) is 5.57 Å². The van der Waals surface area contributed by atoms with Gasteiger partial charge in [0.05, 0.1) is 5.57 Å². The Hall–Kier alpha value is -1.80. The van der Waals surface area contributed by atoms with Gasteiger partial charge in [-0.2, -0.15) is 0 Å². The van der Waals surface area contributed by atoms with Crippen LogP contribution >= 0.6 is 9.24 Å². The van der Waals surface area contributed by atoms with Crippen LogP contribution in [-0.4, -0.2) is 16.7 Å². The molecule has 1 aliphatic carbocycles. The van der Waals surface area contributed by atoms with Gasteiger partial charge in [0.15, 0.2) is 0 Å². The molecule has 0 fully saturated rings. The number of carboxylic acids is 1. The molecule has 1 aliphatic rings. The summed E-state index contributed by atoms with van der Waals surface area (Å²) in [5, 5.41) is 9.37. The Morgan fingerprint density at radius 1 is 1.42 bits per heavy atom. The van der Waals surface area contributed by atoms with Gasteiger partial charge in [-0.05, 0) is 60.9 Å². The lowest BCUT2D eigenvalue weighted by Gasteiger charge is -2.27. The molecule has 0 radical (unpaired) electrons. The zero-order chi connectivity index (χ0) is 19.3. The van der Waals surface area contributed by atoms with Crippen molar-refractivity contribution in [2.24, 2.45) is 5.92 Å². The van der Waals surface area contributed by atoms with Crippen LogP contribution in [0.5, 0.6) is 0 Å². The SMILES string of the molecule is CC/C=C/C(=C\c1cccc(C2=CCC(C(F)(F)P)CC2)c1C)C(=O)O. The molecule has 0 saturated heterocycles. The number of hydrogen-bond donors (Lipinski definition) is 1. The monoisotopic (exact) mass is 378 g/mol. The van der Waals surface area contributed by atoms with E-state index in [1.807, 2.05) is 44.2 Å². The molecule has 1 aromatic rings. The predicted molar refractivity (Wildman–Crippen MR) is 106 cm³/mol. The fourth-order valence-electron chi connectivity index (χ4n) is 3.18. The van der Waals surface area contributed by atoms with Crippen molar-refractivity contribution in [1.29, 1.82) is 0 Å². The van der Waals surface area contributed by atoms with E-state index >= 15 is 0 Å². The molecular weight excluding hydrogens is 353 g/mol. The van der Waals surface area contributed by atoms with Crippen LogP contribution in [0.2, 0.25) is 0 Å². The van der Waals surface area contributed by atoms with E-state index in [2.05, 4.69) is 0 Å². The maximum atomic E-state index is 13.5. The van der Waals surface area contributed by atoms with Crippen LogP contribution in [0.3, 0.4) is 0 Å². The van der Waals surface area contributed by atoms with Gasteiger partial charge in [-0.15, -0.1) is 0 Å². The minimum Gasteiger partial charge on any atom is -0.478 e. The molecule has 0 amide bonds. The molecule has 0 aliphatic heterocycles. The van der Waals surface area contributed by atoms with Crippen molar-refractivity contribution >= 4 is 26.9 Å². The van der Waals surface area contributed by atoms with Crippen molar-refractivity contribution in [2.45, 2.75) is 45.2 Å². The van der Waals surface area contributed by atoms with Crippen molar-refractivity contribution in [1.82, 2.24) is 0 Å². The highest BCUT2D eigenvalue weighted by molar-refractivity contribution is 7.18. The Kier molecular flexibility index (Phi) is 6.88. The minimum atomic E-state index is -2.73. The summed E-state index contributed by atoms with van der Waals surface area (Å²) < 4.78 is 26.9. The highest BCUT2D eigenvalue weighted by atomic mass is 31.0. The van der Waals surface area contributed by atoms with Gasteiger partial charge in [0.25, 0.3) is 5.66 Å². The van der Waals surface area contributed by atoms with Gasteiger partial charge < -0.3 is 5.11 Å². The third-order valence-electron chi connectivity index (χ3n) is 4.77. The van der Waals surface area contributed by atoms with Gasteiger partial charge in [-0.3, -0.25) is 0 Å². The van der Waals surface area contributed by atoms with Crippen LogP contribution in [0.25, 0.3) is 11.6 Å². The van der Waals surface area contributed by atoms with Crippen molar-refractivity contribution < 1.29 is 18.7 Å². The molecule has 0 bridgehead atoms. The molecule has 2 nitrogen and oxygen atoms in total. The molecule has 1 N–H and O–H groups in total. The van der Waals surface area contributed by atoms with Crippen LogP contribution in [0.15, 0.2) is 42.0 Å². The summed E-state index contributed by atoms with van der Waals surface area (Å²) in [5.41, 5.74) is 1.37. The number of allylic oxidation sites excluding steroid dienone is 3. The molecule has 2 rings (SSSR count). The average molecular weight is 378 g/mol. The van der Waals surface area contributed by atoms with E-state index in [9.17, 15) is 18.7 Å². The molecule has 2 atom stereocenters. The fraction of sp³-hybridized carbons (Fsp3) is 0.381. The summed E-state index contributed by atoms with van der Waals surface area (Å²) in [7, 11) is 1.65. The number of hydrogen-bond acceptors (Lipinski definition) is 1. The normalized spacial score (nSPS) is 18.9. The highest BCUT2D eigenvalue weighted by Crippen LogP contribution is 2.42. The lowest BCUT2D eigenvalue weighted by molar-refractivity contribution is -0.132. The zero-order valence-corrected chi connectivity index (χ0v) is 16.3. The number of carbonyl (C=O) groups is 1. The first-order valence-corrected chi connectivity index (χ1v) is 9.39. The van der Waals surface area contributed by atoms with Crippen LogP contribution < -0.4 is 0 Å². The first kappa shape index (κ1) is 20.5. The zero-order valence-electron chi connectivity index (χ0n) is 15.1. The van der Waals surface area contributed by atoms with Gasteiger partial charge >= 0.3 is 5.97 Å².